The van der Waals surface area contributed by atoms with Gasteiger partial charge in [-0.3, -0.25) is 0 Å². The summed E-state index contributed by atoms with van der Waals surface area (Å²) in [6.07, 6.45) is 0.150. The molecule has 4 heteroatoms. The fourth-order valence-corrected chi connectivity index (χ4v) is 2.05. The van der Waals surface area contributed by atoms with E-state index in [1.165, 1.54) is 0 Å². The van der Waals surface area contributed by atoms with Crippen LogP contribution in [-0.2, 0) is 0 Å². The van der Waals surface area contributed by atoms with E-state index in [9.17, 15) is 9.90 Å². The first-order chi connectivity index (χ1) is 10.6. The van der Waals surface area contributed by atoms with Crippen molar-refractivity contribution in [3.05, 3.63) is 65.7 Å². The minimum atomic E-state index is -0.513. The van der Waals surface area contributed by atoms with Crippen LogP contribution < -0.4 is 4.74 Å². The summed E-state index contributed by atoms with van der Waals surface area (Å²) in [5.74, 6) is 0.0823. The predicted octanol–water partition coefficient (Wildman–Crippen LogP) is 2.89. The van der Waals surface area contributed by atoms with E-state index in [2.05, 4.69) is 0 Å². The molecule has 4 nitrogen and oxygen atoms in total. The maximum atomic E-state index is 11.9. The average Bonchev–Trinajstić information content (AvgIpc) is 2.54. The molecular formula is C18H21NO3. The molecule has 0 amide bonds. The van der Waals surface area contributed by atoms with Gasteiger partial charge in [0, 0.05) is 6.54 Å². The van der Waals surface area contributed by atoms with Crippen LogP contribution in [0.3, 0.4) is 0 Å². The fraction of sp³-hybridized carbons (Fsp3) is 0.278. The van der Waals surface area contributed by atoms with Gasteiger partial charge in [-0.2, -0.15) is 0 Å². The lowest BCUT2D eigenvalue weighted by atomic mass is 10.1. The van der Waals surface area contributed by atoms with Crippen molar-refractivity contribution in [1.82, 2.24) is 4.90 Å². The minimum absolute atomic E-state index is 0.387. The van der Waals surface area contributed by atoms with Crippen LogP contribution in [0.5, 0.6) is 5.75 Å². The Labute approximate surface area is 131 Å². The Kier molecular flexibility index (Phi) is 5.69. The van der Waals surface area contributed by atoms with Gasteiger partial charge in [0.05, 0.1) is 11.7 Å². The summed E-state index contributed by atoms with van der Waals surface area (Å²) in [6, 6.07) is 15.8. The number of carbonyl (C=O) groups excluding carboxylic acids is 1. The molecule has 0 aromatic heterocycles. The monoisotopic (exact) mass is 299 g/mol. The first-order valence-corrected chi connectivity index (χ1v) is 7.26. The number of carbonyl (C=O) groups is 1. The van der Waals surface area contributed by atoms with E-state index in [-0.39, 0.29) is 5.97 Å². The molecule has 1 atom stereocenters. The molecule has 0 aliphatic rings. The van der Waals surface area contributed by atoms with Gasteiger partial charge in [-0.15, -0.1) is 0 Å². The molecule has 0 saturated carbocycles. The van der Waals surface area contributed by atoms with Crippen molar-refractivity contribution >= 4 is 5.97 Å². The van der Waals surface area contributed by atoms with Crippen molar-refractivity contribution < 1.29 is 14.6 Å². The number of rotatable bonds is 6. The SMILES string of the molecule is CN(C)CC[C@H](O)c1ccc(OC(=O)c2ccccc2)cc1. The molecule has 0 aliphatic heterocycles. The Morgan fingerprint density at radius 1 is 1.09 bits per heavy atom. The zero-order valence-corrected chi connectivity index (χ0v) is 12.9. The van der Waals surface area contributed by atoms with Crippen LogP contribution in [-0.4, -0.2) is 36.6 Å². The van der Waals surface area contributed by atoms with Crippen LogP contribution >= 0.6 is 0 Å². The smallest absolute Gasteiger partial charge is 0.343 e. The molecule has 0 spiro atoms. The Morgan fingerprint density at radius 2 is 1.73 bits per heavy atom. The predicted molar refractivity (Wildman–Crippen MR) is 86.0 cm³/mol. The second kappa shape index (κ2) is 7.73. The molecule has 2 rings (SSSR count). The summed E-state index contributed by atoms with van der Waals surface area (Å²) in [5.41, 5.74) is 1.33. The molecule has 0 aliphatic carbocycles. The third-order valence-electron chi connectivity index (χ3n) is 3.33. The number of aliphatic hydroxyl groups is 1. The number of nitrogens with zero attached hydrogens (tertiary/aromatic N) is 1. The topological polar surface area (TPSA) is 49.8 Å². The molecular weight excluding hydrogens is 278 g/mol. The highest BCUT2D eigenvalue weighted by atomic mass is 16.5. The summed E-state index contributed by atoms with van der Waals surface area (Å²) < 4.78 is 5.30. The Bertz CT molecular complexity index is 593. The quantitative estimate of drug-likeness (QED) is 0.658. The van der Waals surface area contributed by atoms with E-state index in [0.29, 0.717) is 17.7 Å². The molecule has 0 unspecified atom stereocenters. The van der Waals surface area contributed by atoms with Crippen LogP contribution in [0.2, 0.25) is 0 Å². The highest BCUT2D eigenvalue weighted by molar-refractivity contribution is 5.90. The van der Waals surface area contributed by atoms with Gasteiger partial charge in [0.15, 0.2) is 0 Å². The number of aliphatic hydroxyl groups excluding tert-OH is 1. The van der Waals surface area contributed by atoms with Crippen molar-refractivity contribution in [3.8, 4) is 5.75 Å². The van der Waals surface area contributed by atoms with Crippen molar-refractivity contribution in [2.24, 2.45) is 0 Å². The largest absolute Gasteiger partial charge is 0.423 e. The summed E-state index contributed by atoms with van der Waals surface area (Å²) in [4.78, 5) is 14.0. The number of esters is 1. The maximum absolute atomic E-state index is 11.9. The molecule has 2 aromatic rings. The van der Waals surface area contributed by atoms with Crippen molar-refractivity contribution in [1.29, 1.82) is 0 Å². The molecule has 22 heavy (non-hydrogen) atoms. The molecule has 2 aromatic carbocycles. The van der Waals surface area contributed by atoms with Crippen molar-refractivity contribution in [3.63, 3.8) is 0 Å². The number of hydrogen-bond donors (Lipinski definition) is 1. The third-order valence-corrected chi connectivity index (χ3v) is 3.33. The highest BCUT2D eigenvalue weighted by Crippen LogP contribution is 2.21. The normalized spacial score (nSPS) is 12.2. The lowest BCUT2D eigenvalue weighted by molar-refractivity contribution is 0.0734. The molecule has 0 saturated heterocycles. The fourth-order valence-electron chi connectivity index (χ4n) is 2.05. The lowest BCUT2D eigenvalue weighted by Crippen LogP contribution is -2.15. The first-order valence-electron chi connectivity index (χ1n) is 7.26. The second-order valence-corrected chi connectivity index (χ2v) is 5.43. The van der Waals surface area contributed by atoms with Gasteiger partial charge < -0.3 is 14.7 Å². The molecule has 0 bridgehead atoms. The van der Waals surface area contributed by atoms with Crippen LogP contribution in [0.25, 0.3) is 0 Å². The zero-order valence-electron chi connectivity index (χ0n) is 12.9. The van der Waals surface area contributed by atoms with E-state index in [0.717, 1.165) is 12.1 Å². The number of ether oxygens (including phenoxy) is 1. The van der Waals surface area contributed by atoms with Crippen LogP contribution in [0.4, 0.5) is 0 Å². The van der Waals surface area contributed by atoms with E-state index < -0.39 is 6.10 Å². The molecule has 1 N–H and O–H groups in total. The van der Waals surface area contributed by atoms with Crippen molar-refractivity contribution in [2.45, 2.75) is 12.5 Å². The third kappa shape index (κ3) is 4.69. The summed E-state index contributed by atoms with van der Waals surface area (Å²) >= 11 is 0. The highest BCUT2D eigenvalue weighted by Gasteiger charge is 2.10. The van der Waals surface area contributed by atoms with E-state index in [1.807, 2.05) is 25.1 Å². The average molecular weight is 299 g/mol. The number of benzene rings is 2. The van der Waals surface area contributed by atoms with E-state index in [1.54, 1.807) is 48.5 Å². The molecule has 0 radical (unpaired) electrons. The lowest BCUT2D eigenvalue weighted by Gasteiger charge is -2.15. The van der Waals surface area contributed by atoms with Gasteiger partial charge >= 0.3 is 5.97 Å². The second-order valence-electron chi connectivity index (χ2n) is 5.43. The number of hydrogen-bond acceptors (Lipinski definition) is 4. The summed E-state index contributed by atoms with van der Waals surface area (Å²) in [5, 5.41) is 10.1. The Morgan fingerprint density at radius 3 is 2.32 bits per heavy atom. The minimum Gasteiger partial charge on any atom is -0.423 e. The van der Waals surface area contributed by atoms with Gasteiger partial charge in [-0.25, -0.2) is 4.79 Å². The molecule has 0 fully saturated rings. The van der Waals surface area contributed by atoms with Crippen LogP contribution in [0.15, 0.2) is 54.6 Å². The maximum Gasteiger partial charge on any atom is 0.343 e. The van der Waals surface area contributed by atoms with E-state index in [4.69, 9.17) is 4.74 Å². The van der Waals surface area contributed by atoms with Gasteiger partial charge in [0.25, 0.3) is 0 Å². The summed E-state index contributed by atoms with van der Waals surface area (Å²) in [7, 11) is 3.94. The van der Waals surface area contributed by atoms with Gasteiger partial charge in [0.2, 0.25) is 0 Å². The Balaban J connectivity index is 1.96. The molecule has 116 valence electrons. The van der Waals surface area contributed by atoms with E-state index >= 15 is 0 Å². The van der Waals surface area contributed by atoms with Crippen molar-refractivity contribution in [2.75, 3.05) is 20.6 Å². The van der Waals surface area contributed by atoms with Gasteiger partial charge in [-0.1, -0.05) is 30.3 Å². The zero-order chi connectivity index (χ0) is 15.9. The Hall–Kier alpha value is -2.17. The van der Waals surface area contributed by atoms with Gasteiger partial charge in [0.1, 0.15) is 5.75 Å². The summed E-state index contributed by atoms with van der Waals surface area (Å²) in [6.45, 7) is 0.811. The van der Waals surface area contributed by atoms with Crippen LogP contribution in [0, 0.1) is 0 Å². The first kappa shape index (κ1) is 16.2. The van der Waals surface area contributed by atoms with Gasteiger partial charge in [-0.05, 0) is 50.3 Å². The van der Waals surface area contributed by atoms with Crippen LogP contribution in [0.1, 0.15) is 28.4 Å². The molecule has 0 heterocycles. The standard InChI is InChI=1S/C18H21NO3/c1-19(2)13-12-17(20)14-8-10-16(11-9-14)22-18(21)15-6-4-3-5-7-15/h3-11,17,20H,12-13H2,1-2H3/t17-/m0/s1.